The fraction of sp³-hybridized carbons (Fsp3) is 0.625. The Hall–Kier alpha value is -1.02. The van der Waals surface area contributed by atoms with E-state index in [0.717, 1.165) is 24.9 Å². The highest BCUT2D eigenvalue weighted by Crippen LogP contribution is 2.26. The van der Waals surface area contributed by atoms with Crippen LogP contribution >= 0.6 is 0 Å². The van der Waals surface area contributed by atoms with Crippen molar-refractivity contribution in [1.29, 1.82) is 0 Å². The van der Waals surface area contributed by atoms with Crippen molar-refractivity contribution in [3.63, 3.8) is 0 Å². The monoisotopic (exact) mass is 244 g/mol. The topological polar surface area (TPSA) is 15.3 Å². The number of anilines is 1. The first-order chi connectivity index (χ1) is 8.72. The van der Waals surface area contributed by atoms with Crippen molar-refractivity contribution in [1.82, 2.24) is 4.90 Å². The van der Waals surface area contributed by atoms with Crippen LogP contribution in [0, 0.1) is 11.8 Å². The number of likely N-dealkylation sites (tertiary alicyclic amines) is 1. The second-order valence-corrected chi connectivity index (χ2v) is 6.17. The van der Waals surface area contributed by atoms with Crippen LogP contribution in [0.5, 0.6) is 0 Å². The van der Waals surface area contributed by atoms with Crippen molar-refractivity contribution in [2.45, 2.75) is 33.2 Å². The zero-order chi connectivity index (χ0) is 12.5. The van der Waals surface area contributed by atoms with Crippen LogP contribution in [-0.2, 0) is 13.0 Å². The first-order valence-corrected chi connectivity index (χ1v) is 7.30. The van der Waals surface area contributed by atoms with E-state index >= 15 is 0 Å². The molecule has 0 spiro atoms. The Labute approximate surface area is 110 Å². The molecular formula is C16H24N2. The summed E-state index contributed by atoms with van der Waals surface area (Å²) in [5.74, 6) is 1.70. The van der Waals surface area contributed by atoms with Crippen molar-refractivity contribution >= 4 is 5.69 Å². The van der Waals surface area contributed by atoms with Crippen LogP contribution in [0.15, 0.2) is 18.2 Å². The number of nitrogens with zero attached hydrogens (tertiary/aromatic N) is 1. The molecule has 2 nitrogen and oxygen atoms in total. The molecule has 0 bridgehead atoms. The molecular weight excluding hydrogens is 220 g/mol. The van der Waals surface area contributed by atoms with Crippen LogP contribution in [0.4, 0.5) is 5.69 Å². The van der Waals surface area contributed by atoms with Gasteiger partial charge in [0.15, 0.2) is 0 Å². The van der Waals surface area contributed by atoms with E-state index in [4.69, 9.17) is 0 Å². The predicted octanol–water partition coefficient (Wildman–Crippen LogP) is 3.13. The number of nitrogens with one attached hydrogen (secondary N) is 1. The standard InChI is InChI=1S/C16H24N2/c1-12-9-18(10-13(12)2)11-14-5-6-16-15(8-14)4-3-7-17-16/h5-6,8,12-13,17H,3-4,7,9-11H2,1-2H3. The van der Waals surface area contributed by atoms with Crippen molar-refractivity contribution in [3.05, 3.63) is 29.3 Å². The van der Waals surface area contributed by atoms with E-state index < -0.39 is 0 Å². The molecule has 1 N–H and O–H groups in total. The van der Waals surface area contributed by atoms with Crippen LogP contribution in [0.2, 0.25) is 0 Å². The van der Waals surface area contributed by atoms with Gasteiger partial charge in [-0.15, -0.1) is 0 Å². The number of rotatable bonds is 2. The summed E-state index contributed by atoms with van der Waals surface area (Å²) in [6.45, 7) is 9.53. The van der Waals surface area contributed by atoms with Crippen molar-refractivity contribution in [2.75, 3.05) is 25.0 Å². The Morgan fingerprint density at radius 1 is 1.22 bits per heavy atom. The molecule has 0 amide bonds. The van der Waals surface area contributed by atoms with Gasteiger partial charge in [0.2, 0.25) is 0 Å². The first-order valence-electron chi connectivity index (χ1n) is 7.30. The summed E-state index contributed by atoms with van der Waals surface area (Å²) in [4.78, 5) is 2.60. The third-order valence-electron chi connectivity index (χ3n) is 4.58. The molecule has 2 aliphatic rings. The van der Waals surface area contributed by atoms with Gasteiger partial charge in [-0.1, -0.05) is 26.0 Å². The zero-order valence-electron chi connectivity index (χ0n) is 11.6. The smallest absolute Gasteiger partial charge is 0.0372 e. The van der Waals surface area contributed by atoms with Crippen molar-refractivity contribution in [3.8, 4) is 0 Å². The predicted molar refractivity (Wildman–Crippen MR) is 76.9 cm³/mol. The second-order valence-electron chi connectivity index (χ2n) is 6.17. The van der Waals surface area contributed by atoms with E-state index in [1.165, 1.54) is 42.7 Å². The SMILES string of the molecule is CC1CN(Cc2ccc3c(c2)CCCN3)CC1C. The maximum Gasteiger partial charge on any atom is 0.0372 e. The minimum absolute atomic E-state index is 0.851. The molecule has 1 aromatic carbocycles. The highest BCUT2D eigenvalue weighted by atomic mass is 15.1. The maximum atomic E-state index is 3.48. The summed E-state index contributed by atoms with van der Waals surface area (Å²) in [6.07, 6.45) is 2.51. The Balaban J connectivity index is 1.70. The Morgan fingerprint density at radius 3 is 2.78 bits per heavy atom. The van der Waals surface area contributed by atoms with Gasteiger partial charge in [0, 0.05) is 31.9 Å². The Kier molecular flexibility index (Phi) is 3.29. The molecule has 0 aliphatic carbocycles. The molecule has 0 saturated carbocycles. The van der Waals surface area contributed by atoms with Crippen LogP contribution in [-0.4, -0.2) is 24.5 Å². The van der Waals surface area contributed by atoms with Gasteiger partial charge in [0.05, 0.1) is 0 Å². The van der Waals surface area contributed by atoms with Gasteiger partial charge in [-0.25, -0.2) is 0 Å². The van der Waals surface area contributed by atoms with E-state index in [-0.39, 0.29) is 0 Å². The lowest BCUT2D eigenvalue weighted by atomic mass is 10.0. The minimum Gasteiger partial charge on any atom is -0.385 e. The molecule has 18 heavy (non-hydrogen) atoms. The molecule has 2 atom stereocenters. The molecule has 1 aromatic rings. The summed E-state index contributed by atoms with van der Waals surface area (Å²) < 4.78 is 0. The molecule has 1 saturated heterocycles. The molecule has 0 radical (unpaired) electrons. The lowest BCUT2D eigenvalue weighted by molar-refractivity contribution is 0.316. The second kappa shape index (κ2) is 4.93. The maximum absolute atomic E-state index is 3.48. The van der Waals surface area contributed by atoms with E-state index in [9.17, 15) is 0 Å². The van der Waals surface area contributed by atoms with Gasteiger partial charge in [-0.2, -0.15) is 0 Å². The van der Waals surface area contributed by atoms with E-state index in [1.54, 1.807) is 0 Å². The Bertz CT molecular complexity index is 417. The van der Waals surface area contributed by atoms with Gasteiger partial charge in [-0.05, 0) is 41.9 Å². The van der Waals surface area contributed by atoms with Crippen molar-refractivity contribution < 1.29 is 0 Å². The van der Waals surface area contributed by atoms with Crippen LogP contribution in [0.3, 0.4) is 0 Å². The summed E-state index contributed by atoms with van der Waals surface area (Å²) in [7, 11) is 0. The van der Waals surface area contributed by atoms with E-state index in [1.807, 2.05) is 0 Å². The summed E-state index contributed by atoms with van der Waals surface area (Å²) >= 11 is 0. The molecule has 2 heterocycles. The van der Waals surface area contributed by atoms with Gasteiger partial charge in [-0.3, -0.25) is 4.90 Å². The van der Waals surface area contributed by atoms with Gasteiger partial charge >= 0.3 is 0 Å². The van der Waals surface area contributed by atoms with Crippen LogP contribution in [0.25, 0.3) is 0 Å². The van der Waals surface area contributed by atoms with Gasteiger partial charge in [0.1, 0.15) is 0 Å². The molecule has 2 aliphatic heterocycles. The lowest BCUT2D eigenvalue weighted by Gasteiger charge is -2.21. The number of hydrogen-bond donors (Lipinski definition) is 1. The molecule has 1 fully saturated rings. The van der Waals surface area contributed by atoms with E-state index in [0.29, 0.717) is 0 Å². The Morgan fingerprint density at radius 2 is 2.00 bits per heavy atom. The molecule has 2 unspecified atom stereocenters. The normalized spacial score (nSPS) is 27.9. The molecule has 0 aromatic heterocycles. The number of hydrogen-bond acceptors (Lipinski definition) is 2. The third-order valence-corrected chi connectivity index (χ3v) is 4.58. The van der Waals surface area contributed by atoms with E-state index in [2.05, 4.69) is 42.3 Å². The lowest BCUT2D eigenvalue weighted by Crippen LogP contribution is -2.20. The zero-order valence-corrected chi connectivity index (χ0v) is 11.6. The average molecular weight is 244 g/mol. The summed E-state index contributed by atoms with van der Waals surface area (Å²) in [6, 6.07) is 6.98. The molecule has 3 rings (SSSR count). The number of fused-ring (bicyclic) bond motifs is 1. The summed E-state index contributed by atoms with van der Waals surface area (Å²) in [5.41, 5.74) is 4.35. The fourth-order valence-electron chi connectivity index (χ4n) is 3.26. The highest BCUT2D eigenvalue weighted by Gasteiger charge is 2.25. The van der Waals surface area contributed by atoms with Crippen LogP contribution in [0.1, 0.15) is 31.4 Å². The van der Waals surface area contributed by atoms with Gasteiger partial charge in [0.25, 0.3) is 0 Å². The molecule has 2 heteroatoms. The van der Waals surface area contributed by atoms with Crippen LogP contribution < -0.4 is 5.32 Å². The first kappa shape index (κ1) is 12.0. The highest BCUT2D eigenvalue weighted by molar-refractivity contribution is 5.54. The van der Waals surface area contributed by atoms with Gasteiger partial charge < -0.3 is 5.32 Å². The third kappa shape index (κ3) is 2.39. The fourth-order valence-corrected chi connectivity index (χ4v) is 3.26. The van der Waals surface area contributed by atoms with Crippen molar-refractivity contribution in [2.24, 2.45) is 11.8 Å². The quantitative estimate of drug-likeness (QED) is 0.860. The number of aryl methyl sites for hydroxylation is 1. The largest absolute Gasteiger partial charge is 0.385 e. The average Bonchev–Trinajstić information content (AvgIpc) is 2.68. The summed E-state index contributed by atoms with van der Waals surface area (Å²) in [5, 5.41) is 3.48. The number of benzene rings is 1. The molecule has 98 valence electrons. The minimum atomic E-state index is 0.851.